The summed E-state index contributed by atoms with van der Waals surface area (Å²) in [6.45, 7) is 6.03. The number of carbonyl (C=O) groups excluding carboxylic acids is 1. The van der Waals surface area contributed by atoms with Gasteiger partial charge in [-0.25, -0.2) is 13.2 Å². The number of carbonyl (C=O) groups is 1. The molecule has 128 valence electrons. The number of benzene rings is 1. The highest BCUT2D eigenvalue weighted by Crippen LogP contribution is 2.25. The second-order valence-corrected chi connectivity index (χ2v) is 9.35. The highest BCUT2D eigenvalue weighted by atomic mass is 35.5. The molecule has 1 aliphatic heterocycles. The number of halogens is 1. The SMILES string of the molecule is CC(C)(C)OC(=O)N1CCC[C@@H](S(=O)(=O)c2ccc(Cl)cc2)C1. The van der Waals surface area contributed by atoms with Crippen molar-refractivity contribution in [1.82, 2.24) is 4.90 Å². The van der Waals surface area contributed by atoms with Gasteiger partial charge in [0.1, 0.15) is 5.60 Å². The first kappa shape index (κ1) is 18.1. The van der Waals surface area contributed by atoms with Gasteiger partial charge in [-0.2, -0.15) is 0 Å². The molecule has 2 rings (SSSR count). The van der Waals surface area contributed by atoms with Gasteiger partial charge in [-0.15, -0.1) is 0 Å². The average Bonchev–Trinajstić information content (AvgIpc) is 2.46. The summed E-state index contributed by atoms with van der Waals surface area (Å²) in [7, 11) is -3.50. The van der Waals surface area contributed by atoms with Crippen molar-refractivity contribution in [2.24, 2.45) is 0 Å². The quantitative estimate of drug-likeness (QED) is 0.810. The number of amides is 1. The molecule has 0 N–H and O–H groups in total. The molecule has 1 atom stereocenters. The zero-order chi connectivity index (χ0) is 17.3. The number of hydrogen-bond donors (Lipinski definition) is 0. The Morgan fingerprint density at radius 2 is 1.87 bits per heavy atom. The molecule has 1 heterocycles. The van der Waals surface area contributed by atoms with Gasteiger partial charge in [0, 0.05) is 18.1 Å². The Labute approximate surface area is 142 Å². The molecule has 0 spiro atoms. The predicted molar refractivity (Wildman–Crippen MR) is 89.5 cm³/mol. The van der Waals surface area contributed by atoms with Crippen molar-refractivity contribution >= 4 is 27.5 Å². The minimum absolute atomic E-state index is 0.153. The number of sulfone groups is 1. The fourth-order valence-corrected chi connectivity index (χ4v) is 4.38. The van der Waals surface area contributed by atoms with Gasteiger partial charge in [-0.05, 0) is 57.9 Å². The lowest BCUT2D eigenvalue weighted by molar-refractivity contribution is 0.0219. The van der Waals surface area contributed by atoms with Gasteiger partial charge in [0.2, 0.25) is 0 Å². The number of ether oxygens (including phenoxy) is 1. The average molecular weight is 360 g/mol. The van der Waals surface area contributed by atoms with Crippen LogP contribution in [0, 0.1) is 0 Å². The largest absolute Gasteiger partial charge is 0.444 e. The first-order chi connectivity index (χ1) is 10.6. The molecule has 1 aromatic carbocycles. The molecule has 0 saturated carbocycles. The van der Waals surface area contributed by atoms with Gasteiger partial charge >= 0.3 is 6.09 Å². The number of rotatable bonds is 2. The fraction of sp³-hybridized carbons (Fsp3) is 0.562. The fourth-order valence-electron chi connectivity index (χ4n) is 2.50. The van der Waals surface area contributed by atoms with Gasteiger partial charge in [0.05, 0.1) is 10.1 Å². The summed E-state index contributed by atoms with van der Waals surface area (Å²) in [5.74, 6) is 0. The molecule has 0 unspecified atom stereocenters. The summed E-state index contributed by atoms with van der Waals surface area (Å²) in [5, 5.41) is -0.132. The van der Waals surface area contributed by atoms with E-state index in [-0.39, 0.29) is 11.4 Å². The highest BCUT2D eigenvalue weighted by molar-refractivity contribution is 7.92. The topological polar surface area (TPSA) is 63.7 Å². The van der Waals surface area contributed by atoms with Crippen LogP contribution in [0.5, 0.6) is 0 Å². The van der Waals surface area contributed by atoms with Crippen LogP contribution in [0.1, 0.15) is 33.6 Å². The summed E-state index contributed by atoms with van der Waals surface area (Å²) in [5.41, 5.74) is -0.598. The van der Waals surface area contributed by atoms with Crippen LogP contribution in [-0.2, 0) is 14.6 Å². The van der Waals surface area contributed by atoms with E-state index in [2.05, 4.69) is 0 Å². The number of likely N-dealkylation sites (tertiary alicyclic amines) is 1. The zero-order valence-electron chi connectivity index (χ0n) is 13.6. The van der Waals surface area contributed by atoms with Crippen molar-refractivity contribution in [3.8, 4) is 0 Å². The molecule has 5 nitrogen and oxygen atoms in total. The maximum atomic E-state index is 12.7. The summed E-state index contributed by atoms with van der Waals surface area (Å²) < 4.78 is 30.8. The van der Waals surface area contributed by atoms with E-state index in [0.29, 0.717) is 24.4 Å². The standard InChI is InChI=1S/C16H22ClNO4S/c1-16(2,3)22-15(19)18-10-4-5-14(11-18)23(20,21)13-8-6-12(17)7-9-13/h6-9,14H,4-5,10-11H2,1-3H3/t14-/m1/s1. The lowest BCUT2D eigenvalue weighted by Gasteiger charge is -2.33. The molecule has 1 aromatic rings. The van der Waals surface area contributed by atoms with Crippen LogP contribution in [-0.4, -0.2) is 43.4 Å². The van der Waals surface area contributed by atoms with Gasteiger partial charge in [0.15, 0.2) is 9.84 Å². The van der Waals surface area contributed by atoms with Crippen LogP contribution >= 0.6 is 11.6 Å². The molecule has 1 aliphatic rings. The second kappa shape index (κ2) is 6.69. The maximum absolute atomic E-state index is 12.7. The van der Waals surface area contributed by atoms with E-state index < -0.39 is 26.8 Å². The Morgan fingerprint density at radius 1 is 1.26 bits per heavy atom. The first-order valence-electron chi connectivity index (χ1n) is 7.57. The molecule has 7 heteroatoms. The Bertz CT molecular complexity index is 664. The van der Waals surface area contributed by atoms with E-state index >= 15 is 0 Å². The highest BCUT2D eigenvalue weighted by Gasteiger charge is 2.35. The van der Waals surface area contributed by atoms with E-state index in [1.165, 1.54) is 17.0 Å². The van der Waals surface area contributed by atoms with Crippen LogP contribution in [0.25, 0.3) is 0 Å². The third-order valence-corrected chi connectivity index (χ3v) is 6.05. The molecule has 0 bridgehead atoms. The lowest BCUT2D eigenvalue weighted by Crippen LogP contribution is -2.47. The van der Waals surface area contributed by atoms with Crippen LogP contribution in [0.2, 0.25) is 5.02 Å². The Balaban J connectivity index is 2.14. The molecule has 1 saturated heterocycles. The summed E-state index contributed by atoms with van der Waals surface area (Å²) in [6.07, 6.45) is 0.703. The summed E-state index contributed by atoms with van der Waals surface area (Å²) in [6, 6.07) is 6.12. The Hall–Kier alpha value is -1.27. The van der Waals surface area contributed by atoms with Gasteiger partial charge < -0.3 is 9.64 Å². The summed E-state index contributed by atoms with van der Waals surface area (Å²) in [4.78, 5) is 13.9. The van der Waals surface area contributed by atoms with Crippen molar-refractivity contribution in [1.29, 1.82) is 0 Å². The smallest absolute Gasteiger partial charge is 0.410 e. The minimum Gasteiger partial charge on any atom is -0.444 e. The monoisotopic (exact) mass is 359 g/mol. The van der Waals surface area contributed by atoms with E-state index in [1.54, 1.807) is 32.9 Å². The van der Waals surface area contributed by atoms with Gasteiger partial charge in [-0.3, -0.25) is 0 Å². The van der Waals surface area contributed by atoms with Crippen LogP contribution in [0.15, 0.2) is 29.2 Å². The van der Waals surface area contributed by atoms with Gasteiger partial charge in [0.25, 0.3) is 0 Å². The Morgan fingerprint density at radius 3 is 2.43 bits per heavy atom. The number of piperidine rings is 1. The third kappa shape index (κ3) is 4.61. The van der Waals surface area contributed by atoms with Crippen molar-refractivity contribution in [3.05, 3.63) is 29.3 Å². The molecule has 1 amide bonds. The van der Waals surface area contributed by atoms with E-state index in [1.807, 2.05) is 0 Å². The van der Waals surface area contributed by atoms with E-state index in [4.69, 9.17) is 16.3 Å². The Kier molecular flexibility index (Phi) is 5.26. The second-order valence-electron chi connectivity index (χ2n) is 6.69. The van der Waals surface area contributed by atoms with Crippen molar-refractivity contribution in [2.45, 2.75) is 49.4 Å². The van der Waals surface area contributed by atoms with Crippen molar-refractivity contribution in [3.63, 3.8) is 0 Å². The van der Waals surface area contributed by atoms with Crippen LogP contribution in [0.3, 0.4) is 0 Å². The molecule has 0 radical (unpaired) electrons. The molecular weight excluding hydrogens is 338 g/mol. The predicted octanol–water partition coefficient (Wildman–Crippen LogP) is 3.51. The molecule has 23 heavy (non-hydrogen) atoms. The third-order valence-electron chi connectivity index (χ3n) is 3.61. The normalized spacial score (nSPS) is 19.5. The lowest BCUT2D eigenvalue weighted by atomic mass is 10.1. The number of hydrogen-bond acceptors (Lipinski definition) is 4. The maximum Gasteiger partial charge on any atom is 0.410 e. The van der Waals surface area contributed by atoms with Gasteiger partial charge in [-0.1, -0.05) is 11.6 Å². The summed E-state index contributed by atoms with van der Waals surface area (Å²) >= 11 is 5.81. The first-order valence-corrected chi connectivity index (χ1v) is 9.49. The van der Waals surface area contributed by atoms with Crippen molar-refractivity contribution in [2.75, 3.05) is 13.1 Å². The number of nitrogens with zero attached hydrogens (tertiary/aromatic N) is 1. The van der Waals surface area contributed by atoms with Crippen LogP contribution in [0.4, 0.5) is 4.79 Å². The van der Waals surface area contributed by atoms with E-state index in [0.717, 1.165) is 0 Å². The van der Waals surface area contributed by atoms with Crippen molar-refractivity contribution < 1.29 is 17.9 Å². The molecule has 1 fully saturated rings. The molecule has 0 aromatic heterocycles. The molecular formula is C16H22ClNO4S. The molecule has 0 aliphatic carbocycles. The van der Waals surface area contributed by atoms with Crippen LogP contribution < -0.4 is 0 Å². The zero-order valence-corrected chi connectivity index (χ0v) is 15.2. The van der Waals surface area contributed by atoms with E-state index in [9.17, 15) is 13.2 Å². The minimum atomic E-state index is -3.50.